The quantitative estimate of drug-likeness (QED) is 0.860. The van der Waals surface area contributed by atoms with Gasteiger partial charge in [-0.1, -0.05) is 30.7 Å². The number of carbonyl (C=O) groups is 2. The fraction of sp³-hybridized carbons (Fsp3) is 0.500. The van der Waals surface area contributed by atoms with Crippen molar-refractivity contribution in [2.24, 2.45) is 0 Å². The summed E-state index contributed by atoms with van der Waals surface area (Å²) >= 11 is 0. The van der Waals surface area contributed by atoms with Gasteiger partial charge in [0.1, 0.15) is 0 Å². The summed E-state index contributed by atoms with van der Waals surface area (Å²) in [7, 11) is 1.68. The summed E-state index contributed by atoms with van der Waals surface area (Å²) < 4.78 is 0. The summed E-state index contributed by atoms with van der Waals surface area (Å²) in [5.41, 5.74) is 1.91. The molecule has 1 saturated heterocycles. The highest BCUT2D eigenvalue weighted by Gasteiger charge is 2.27. The van der Waals surface area contributed by atoms with E-state index in [0.717, 1.165) is 43.5 Å². The van der Waals surface area contributed by atoms with Crippen LogP contribution in [0.3, 0.4) is 0 Å². The first-order chi connectivity index (χ1) is 10.1. The Morgan fingerprint density at radius 2 is 1.90 bits per heavy atom. The number of hydrogen-bond donors (Lipinski definition) is 2. The minimum absolute atomic E-state index is 0.0465. The first kappa shape index (κ1) is 15.5. The Hall–Kier alpha value is -1.88. The van der Waals surface area contributed by atoms with Gasteiger partial charge in [0, 0.05) is 13.6 Å². The molecule has 0 bridgehead atoms. The Bertz CT molecular complexity index is 499. The number of amides is 1. The molecule has 1 heterocycles. The average molecular weight is 290 g/mol. The predicted octanol–water partition coefficient (Wildman–Crippen LogP) is 1.41. The average Bonchev–Trinajstić information content (AvgIpc) is 2.48. The summed E-state index contributed by atoms with van der Waals surface area (Å²) in [4.78, 5) is 24.8. The van der Waals surface area contributed by atoms with Crippen LogP contribution in [0.5, 0.6) is 0 Å². The SMILES string of the molecule is CNC(=O)C1CCCCN1Cc1ccc(CC(=O)O)cc1. The standard InChI is InChI=1S/C16H22N2O3/c1-17-16(21)14-4-2-3-9-18(14)11-13-7-5-12(6-8-13)10-15(19)20/h5-8,14H,2-4,9-11H2,1H3,(H,17,21)(H,19,20). The maximum Gasteiger partial charge on any atom is 0.307 e. The number of likely N-dealkylation sites (N-methyl/N-ethyl adjacent to an activating group) is 1. The van der Waals surface area contributed by atoms with E-state index < -0.39 is 5.97 Å². The minimum atomic E-state index is -0.821. The molecule has 5 heteroatoms. The number of aliphatic carboxylic acids is 1. The monoisotopic (exact) mass is 290 g/mol. The van der Waals surface area contributed by atoms with Crippen LogP contribution >= 0.6 is 0 Å². The molecule has 2 rings (SSSR count). The van der Waals surface area contributed by atoms with E-state index in [-0.39, 0.29) is 18.4 Å². The second kappa shape index (κ2) is 7.22. The van der Waals surface area contributed by atoms with Crippen LogP contribution in [-0.4, -0.2) is 41.5 Å². The molecule has 0 radical (unpaired) electrons. The molecular formula is C16H22N2O3. The molecular weight excluding hydrogens is 268 g/mol. The van der Waals surface area contributed by atoms with Gasteiger partial charge in [-0.05, 0) is 30.5 Å². The molecule has 21 heavy (non-hydrogen) atoms. The summed E-state index contributed by atoms with van der Waals surface area (Å²) in [6, 6.07) is 7.55. The van der Waals surface area contributed by atoms with E-state index in [0.29, 0.717) is 0 Å². The maximum atomic E-state index is 11.9. The fourth-order valence-corrected chi connectivity index (χ4v) is 2.82. The van der Waals surface area contributed by atoms with Crippen molar-refractivity contribution < 1.29 is 14.7 Å². The molecule has 0 spiro atoms. The van der Waals surface area contributed by atoms with Gasteiger partial charge in [-0.15, -0.1) is 0 Å². The number of rotatable bonds is 5. The van der Waals surface area contributed by atoms with Gasteiger partial charge < -0.3 is 10.4 Å². The van der Waals surface area contributed by atoms with E-state index in [2.05, 4.69) is 10.2 Å². The summed E-state index contributed by atoms with van der Waals surface area (Å²) in [6.45, 7) is 1.65. The third kappa shape index (κ3) is 4.29. The highest BCUT2D eigenvalue weighted by molar-refractivity contribution is 5.81. The van der Waals surface area contributed by atoms with E-state index in [9.17, 15) is 9.59 Å². The molecule has 1 fully saturated rings. The second-order valence-corrected chi connectivity index (χ2v) is 5.48. The first-order valence-electron chi connectivity index (χ1n) is 7.35. The van der Waals surface area contributed by atoms with Gasteiger partial charge in [0.25, 0.3) is 0 Å². The predicted molar refractivity (Wildman–Crippen MR) is 79.9 cm³/mol. The van der Waals surface area contributed by atoms with Crippen LogP contribution in [0, 0.1) is 0 Å². The molecule has 1 unspecified atom stereocenters. The highest BCUT2D eigenvalue weighted by Crippen LogP contribution is 2.20. The van der Waals surface area contributed by atoms with Crippen molar-refractivity contribution in [1.29, 1.82) is 0 Å². The molecule has 2 N–H and O–H groups in total. The smallest absolute Gasteiger partial charge is 0.307 e. The third-order valence-corrected chi connectivity index (χ3v) is 3.93. The molecule has 1 atom stereocenters. The first-order valence-corrected chi connectivity index (χ1v) is 7.35. The molecule has 5 nitrogen and oxygen atoms in total. The Kier molecular flexibility index (Phi) is 5.33. The number of likely N-dealkylation sites (tertiary alicyclic amines) is 1. The maximum absolute atomic E-state index is 11.9. The van der Waals surface area contributed by atoms with Crippen LogP contribution in [0.1, 0.15) is 30.4 Å². The molecule has 114 valence electrons. The lowest BCUT2D eigenvalue weighted by Gasteiger charge is -2.34. The molecule has 0 aromatic heterocycles. The normalized spacial score (nSPS) is 19.2. The molecule has 1 aliphatic heterocycles. The highest BCUT2D eigenvalue weighted by atomic mass is 16.4. The zero-order valence-electron chi connectivity index (χ0n) is 12.3. The summed E-state index contributed by atoms with van der Waals surface area (Å²) in [5.74, 6) is -0.740. The minimum Gasteiger partial charge on any atom is -0.481 e. The van der Waals surface area contributed by atoms with E-state index in [1.807, 2.05) is 24.3 Å². The van der Waals surface area contributed by atoms with E-state index in [1.165, 1.54) is 0 Å². The zero-order valence-corrected chi connectivity index (χ0v) is 12.3. The van der Waals surface area contributed by atoms with Gasteiger partial charge in [-0.3, -0.25) is 14.5 Å². The van der Waals surface area contributed by atoms with Crippen molar-refractivity contribution in [3.8, 4) is 0 Å². The van der Waals surface area contributed by atoms with Crippen LogP contribution in [0.25, 0.3) is 0 Å². The Balaban J connectivity index is 2.01. The largest absolute Gasteiger partial charge is 0.481 e. The van der Waals surface area contributed by atoms with Crippen LogP contribution in [0.4, 0.5) is 0 Å². The van der Waals surface area contributed by atoms with Gasteiger partial charge in [0.2, 0.25) is 5.91 Å². The van der Waals surface area contributed by atoms with Crippen LogP contribution < -0.4 is 5.32 Å². The number of carboxylic acid groups (broad SMARTS) is 1. The number of nitrogens with one attached hydrogen (secondary N) is 1. The number of nitrogens with zero attached hydrogens (tertiary/aromatic N) is 1. The number of carboxylic acids is 1. The molecule has 0 saturated carbocycles. The van der Waals surface area contributed by atoms with E-state index in [1.54, 1.807) is 7.05 Å². The third-order valence-electron chi connectivity index (χ3n) is 3.93. The van der Waals surface area contributed by atoms with Gasteiger partial charge >= 0.3 is 5.97 Å². The van der Waals surface area contributed by atoms with Crippen LogP contribution in [0.2, 0.25) is 0 Å². The Labute approximate surface area is 125 Å². The fourth-order valence-electron chi connectivity index (χ4n) is 2.82. The zero-order chi connectivity index (χ0) is 15.2. The van der Waals surface area contributed by atoms with Crippen molar-refractivity contribution in [3.63, 3.8) is 0 Å². The van der Waals surface area contributed by atoms with Gasteiger partial charge in [0.15, 0.2) is 0 Å². The lowest BCUT2D eigenvalue weighted by atomic mass is 10.00. The summed E-state index contributed by atoms with van der Waals surface area (Å²) in [5, 5.41) is 11.5. The Morgan fingerprint density at radius 3 is 2.52 bits per heavy atom. The molecule has 1 aromatic carbocycles. The number of carbonyl (C=O) groups excluding carboxylic acids is 1. The second-order valence-electron chi connectivity index (χ2n) is 5.48. The van der Waals surface area contributed by atoms with Crippen LogP contribution in [-0.2, 0) is 22.6 Å². The number of benzene rings is 1. The van der Waals surface area contributed by atoms with Crippen molar-refractivity contribution in [2.75, 3.05) is 13.6 Å². The molecule has 1 amide bonds. The van der Waals surface area contributed by atoms with E-state index >= 15 is 0 Å². The van der Waals surface area contributed by atoms with Crippen LogP contribution in [0.15, 0.2) is 24.3 Å². The Morgan fingerprint density at radius 1 is 1.24 bits per heavy atom. The van der Waals surface area contributed by atoms with Crippen molar-refractivity contribution >= 4 is 11.9 Å². The van der Waals surface area contributed by atoms with Crippen molar-refractivity contribution in [2.45, 2.75) is 38.3 Å². The van der Waals surface area contributed by atoms with Crippen molar-refractivity contribution in [3.05, 3.63) is 35.4 Å². The lowest BCUT2D eigenvalue weighted by Crippen LogP contribution is -2.48. The summed E-state index contributed by atoms with van der Waals surface area (Å²) in [6.07, 6.45) is 3.15. The molecule has 1 aliphatic rings. The number of piperidine rings is 1. The molecule has 1 aromatic rings. The van der Waals surface area contributed by atoms with E-state index in [4.69, 9.17) is 5.11 Å². The lowest BCUT2D eigenvalue weighted by molar-refractivity contribution is -0.136. The number of hydrogen-bond acceptors (Lipinski definition) is 3. The molecule has 0 aliphatic carbocycles. The van der Waals surface area contributed by atoms with Gasteiger partial charge in [0.05, 0.1) is 12.5 Å². The van der Waals surface area contributed by atoms with Crippen molar-refractivity contribution in [1.82, 2.24) is 10.2 Å². The topological polar surface area (TPSA) is 69.6 Å². The van der Waals surface area contributed by atoms with Gasteiger partial charge in [-0.25, -0.2) is 0 Å². The van der Waals surface area contributed by atoms with Gasteiger partial charge in [-0.2, -0.15) is 0 Å².